The maximum absolute atomic E-state index is 12.9. The Labute approximate surface area is 238 Å². The summed E-state index contributed by atoms with van der Waals surface area (Å²) in [7, 11) is 10.6. The maximum Gasteiger partial charge on any atom is 0.285 e. The van der Waals surface area contributed by atoms with Crippen molar-refractivity contribution in [3.05, 3.63) is 35.4 Å². The van der Waals surface area contributed by atoms with Gasteiger partial charge in [0.2, 0.25) is 0 Å². The molecule has 0 bridgehead atoms. The number of benzene rings is 1. The van der Waals surface area contributed by atoms with E-state index in [2.05, 4.69) is 0 Å². The van der Waals surface area contributed by atoms with E-state index in [1.165, 1.54) is 28.4 Å². The molecule has 0 aliphatic carbocycles. The van der Waals surface area contributed by atoms with Gasteiger partial charge in [-0.15, -0.1) is 5.06 Å². The first-order chi connectivity index (χ1) is 19.9. The van der Waals surface area contributed by atoms with Crippen molar-refractivity contribution >= 4 is 11.8 Å². The van der Waals surface area contributed by atoms with Crippen LogP contribution in [0.4, 0.5) is 0 Å². The summed E-state index contributed by atoms with van der Waals surface area (Å²) in [5.74, 6) is -1.16. The number of nitrogens with zero attached hydrogens (tertiary/aromatic N) is 1. The van der Waals surface area contributed by atoms with Gasteiger partial charge in [0.05, 0.1) is 17.7 Å². The van der Waals surface area contributed by atoms with Gasteiger partial charge in [-0.1, -0.05) is 12.1 Å². The van der Waals surface area contributed by atoms with Gasteiger partial charge in [0.25, 0.3) is 11.8 Å². The Bertz CT molecular complexity index is 992. The molecule has 0 aromatic heterocycles. The number of carbonyl (C=O) groups excluding carboxylic acids is 2. The topological polar surface area (TPSA) is 139 Å². The smallest absolute Gasteiger partial charge is 0.285 e. The fraction of sp³-hybridized carbons (Fsp3) is 0.704. The third kappa shape index (κ3) is 6.19. The number of rotatable bonds is 13. The first-order valence-electron chi connectivity index (χ1n) is 13.1. The van der Waals surface area contributed by atoms with E-state index in [0.717, 1.165) is 0 Å². The van der Waals surface area contributed by atoms with Crippen LogP contribution in [-0.4, -0.2) is 141 Å². The Morgan fingerprint density at radius 1 is 0.610 bits per heavy atom. The van der Waals surface area contributed by atoms with E-state index >= 15 is 0 Å². The zero-order valence-electron chi connectivity index (χ0n) is 24.3. The molecule has 14 heteroatoms. The van der Waals surface area contributed by atoms with E-state index in [-0.39, 0.29) is 24.3 Å². The number of amides is 2. The predicted octanol–water partition coefficient (Wildman–Crippen LogP) is 0.417. The van der Waals surface area contributed by atoms with Gasteiger partial charge in [0.1, 0.15) is 55.4 Å². The van der Waals surface area contributed by atoms with Crippen molar-refractivity contribution in [2.24, 2.45) is 0 Å². The van der Waals surface area contributed by atoms with E-state index < -0.39 is 73.2 Å². The van der Waals surface area contributed by atoms with E-state index in [4.69, 9.17) is 52.2 Å². The second kappa shape index (κ2) is 14.4. The number of imide groups is 1. The molecule has 1 aromatic rings. The van der Waals surface area contributed by atoms with E-state index in [1.54, 1.807) is 45.6 Å². The van der Waals surface area contributed by atoms with Crippen LogP contribution in [0, 0.1) is 0 Å². The molecule has 2 saturated heterocycles. The second-order valence-electron chi connectivity index (χ2n) is 9.63. The van der Waals surface area contributed by atoms with Crippen molar-refractivity contribution in [1.82, 2.24) is 5.06 Å². The summed E-state index contributed by atoms with van der Waals surface area (Å²) in [5, 5.41) is 0.713. The summed E-state index contributed by atoms with van der Waals surface area (Å²) >= 11 is 0. The average Bonchev–Trinajstić information content (AvgIpc) is 3.24. The van der Waals surface area contributed by atoms with Crippen molar-refractivity contribution in [2.45, 2.75) is 61.4 Å². The van der Waals surface area contributed by atoms with Crippen molar-refractivity contribution in [3.63, 3.8) is 0 Å². The monoisotopic (exact) mass is 585 g/mol. The van der Waals surface area contributed by atoms with Crippen LogP contribution < -0.4 is 0 Å². The summed E-state index contributed by atoms with van der Waals surface area (Å²) in [6.45, 7) is -0.0746. The lowest BCUT2D eigenvalue weighted by atomic mass is 9.96. The molecule has 41 heavy (non-hydrogen) atoms. The number of methoxy groups -OCH3 is 7. The fourth-order valence-electron chi connectivity index (χ4n) is 5.56. The largest absolute Gasteiger partial charge is 0.382 e. The van der Waals surface area contributed by atoms with Gasteiger partial charge in [-0.3, -0.25) is 14.4 Å². The number of hydrogen-bond donors (Lipinski definition) is 0. The van der Waals surface area contributed by atoms with Crippen molar-refractivity contribution in [3.8, 4) is 0 Å². The Hall–Kier alpha value is -2.08. The minimum Gasteiger partial charge on any atom is -0.382 e. The first-order valence-corrected chi connectivity index (χ1v) is 13.1. The summed E-state index contributed by atoms with van der Waals surface area (Å²) < 4.78 is 58.5. The van der Waals surface area contributed by atoms with E-state index in [9.17, 15) is 9.59 Å². The van der Waals surface area contributed by atoms with Gasteiger partial charge in [0, 0.05) is 49.8 Å². The van der Waals surface area contributed by atoms with Crippen LogP contribution in [0.15, 0.2) is 24.3 Å². The molecule has 0 saturated carbocycles. The molecule has 14 nitrogen and oxygen atoms in total. The number of carbonyl (C=O) groups is 2. The highest BCUT2D eigenvalue weighted by atomic mass is 16.8. The van der Waals surface area contributed by atoms with E-state index in [1.807, 2.05) is 0 Å². The lowest BCUT2D eigenvalue weighted by Gasteiger charge is -2.49. The lowest BCUT2D eigenvalue weighted by Crippen LogP contribution is -2.66. The average molecular weight is 586 g/mol. The molecular formula is C27H39NO13. The van der Waals surface area contributed by atoms with E-state index in [0.29, 0.717) is 5.06 Å². The van der Waals surface area contributed by atoms with Crippen LogP contribution in [0.2, 0.25) is 0 Å². The fourth-order valence-corrected chi connectivity index (χ4v) is 5.56. The van der Waals surface area contributed by atoms with Gasteiger partial charge in [-0.2, -0.15) is 0 Å². The molecule has 3 heterocycles. The lowest BCUT2D eigenvalue weighted by molar-refractivity contribution is -0.368. The molecule has 0 spiro atoms. The summed E-state index contributed by atoms with van der Waals surface area (Å²) in [6, 6.07) is 6.48. The standard InChI is InChI=1S/C27H39NO13/c1-31-12-16-18(32-2)20(33-3)23(36-6)27(40-16)41-19-17(39-26(37-7)22(35-5)21(19)34-4)13-38-28-24(29)14-10-8-9-11-15(14)25(28)30/h8-11,16-23,26-27H,12-13H2,1-7H3/t16-,17-,18-,19-,20+,21+,22-,23-,26-,27-/m1/s1. The molecular weight excluding hydrogens is 546 g/mol. The Morgan fingerprint density at radius 2 is 1.10 bits per heavy atom. The minimum atomic E-state index is -0.999. The van der Waals surface area contributed by atoms with Crippen molar-refractivity contribution in [1.29, 1.82) is 0 Å². The minimum absolute atomic E-state index is 0.197. The van der Waals surface area contributed by atoms with Crippen LogP contribution in [0.5, 0.6) is 0 Å². The second-order valence-corrected chi connectivity index (χ2v) is 9.63. The summed E-state index contributed by atoms with van der Waals surface area (Å²) in [4.78, 5) is 31.5. The molecule has 3 aliphatic rings. The quantitative estimate of drug-likeness (QED) is 0.296. The van der Waals surface area contributed by atoms with Crippen LogP contribution in [0.25, 0.3) is 0 Å². The molecule has 4 rings (SSSR count). The highest BCUT2D eigenvalue weighted by Crippen LogP contribution is 2.34. The molecule has 0 radical (unpaired) electrons. The highest BCUT2D eigenvalue weighted by Gasteiger charge is 2.53. The van der Waals surface area contributed by atoms with Crippen LogP contribution in [0.3, 0.4) is 0 Å². The number of hydroxylamine groups is 2. The normalized spacial score (nSPS) is 35.6. The maximum atomic E-state index is 12.9. The molecule has 3 aliphatic heterocycles. The highest BCUT2D eigenvalue weighted by molar-refractivity contribution is 6.20. The van der Waals surface area contributed by atoms with Crippen LogP contribution in [-0.2, 0) is 52.2 Å². The Balaban J connectivity index is 1.60. The van der Waals surface area contributed by atoms with Crippen molar-refractivity contribution in [2.75, 3.05) is 63.0 Å². The molecule has 230 valence electrons. The van der Waals surface area contributed by atoms with Gasteiger partial charge in [-0.25, -0.2) is 0 Å². The zero-order valence-corrected chi connectivity index (χ0v) is 24.3. The Morgan fingerprint density at radius 3 is 1.61 bits per heavy atom. The molecule has 0 N–H and O–H groups in total. The predicted molar refractivity (Wildman–Crippen MR) is 138 cm³/mol. The third-order valence-corrected chi connectivity index (χ3v) is 7.52. The van der Waals surface area contributed by atoms with Gasteiger partial charge in [-0.05, 0) is 12.1 Å². The van der Waals surface area contributed by atoms with Gasteiger partial charge < -0.3 is 47.4 Å². The molecule has 10 atom stereocenters. The van der Waals surface area contributed by atoms with Gasteiger partial charge >= 0.3 is 0 Å². The molecule has 1 aromatic carbocycles. The number of ether oxygens (including phenoxy) is 10. The van der Waals surface area contributed by atoms with Crippen LogP contribution in [0.1, 0.15) is 20.7 Å². The third-order valence-electron chi connectivity index (χ3n) is 7.52. The summed E-state index contributed by atoms with van der Waals surface area (Å²) in [6.07, 6.45) is -7.54. The SMILES string of the molecule is COC[C@H]1O[C@H](O[C@H]2[C@H](OC)[C@@H](OC)[C@H](OC)O[C@@H]2CON2C(=O)c3ccccc3C2=O)[C@H](OC)[C@@H](OC)[C@@H]1OC. The summed E-state index contributed by atoms with van der Waals surface area (Å²) in [5.41, 5.74) is 0.500. The van der Waals surface area contributed by atoms with Crippen molar-refractivity contribution < 1.29 is 61.8 Å². The first kappa shape index (κ1) is 31.8. The molecule has 2 fully saturated rings. The van der Waals surface area contributed by atoms with Crippen LogP contribution >= 0.6 is 0 Å². The number of fused-ring (bicyclic) bond motifs is 1. The molecule has 2 amide bonds. The number of hydrogen-bond acceptors (Lipinski definition) is 13. The Kier molecular flexibility index (Phi) is 11.2. The molecule has 0 unspecified atom stereocenters. The van der Waals surface area contributed by atoms with Gasteiger partial charge in [0.15, 0.2) is 12.6 Å². The zero-order chi connectivity index (χ0) is 29.7.